The van der Waals surface area contributed by atoms with E-state index in [1.807, 2.05) is 18.9 Å². The maximum atomic E-state index is 12.1. The maximum Gasteiger partial charge on any atom is 0.251 e. The lowest BCUT2D eigenvalue weighted by Crippen LogP contribution is -2.46. The summed E-state index contributed by atoms with van der Waals surface area (Å²) in [6.45, 7) is 3.94. The quantitative estimate of drug-likeness (QED) is 0.804. The molecule has 0 bridgehead atoms. The van der Waals surface area contributed by atoms with E-state index in [4.69, 9.17) is 4.74 Å². The van der Waals surface area contributed by atoms with Crippen LogP contribution in [-0.2, 0) is 9.53 Å². The molecule has 1 N–H and O–H groups in total. The van der Waals surface area contributed by atoms with Gasteiger partial charge in [0.2, 0.25) is 0 Å². The highest BCUT2D eigenvalue weighted by Gasteiger charge is 2.31. The summed E-state index contributed by atoms with van der Waals surface area (Å²) in [5.41, 5.74) is 0. The van der Waals surface area contributed by atoms with Crippen LogP contribution < -0.4 is 5.32 Å². The molecule has 0 aliphatic carbocycles. The van der Waals surface area contributed by atoms with Crippen LogP contribution in [0.4, 0.5) is 0 Å². The number of piperidine rings is 1. The molecular weight excluding hydrogens is 216 g/mol. The molecule has 2 aliphatic rings. The molecule has 0 aromatic rings. The van der Waals surface area contributed by atoms with Crippen molar-refractivity contribution in [3.63, 3.8) is 0 Å². The minimum absolute atomic E-state index is 0.154. The van der Waals surface area contributed by atoms with Crippen LogP contribution in [-0.4, -0.2) is 49.2 Å². The van der Waals surface area contributed by atoms with Gasteiger partial charge in [-0.25, -0.2) is 0 Å². The van der Waals surface area contributed by atoms with E-state index in [9.17, 15) is 4.79 Å². The number of rotatable bonds is 3. The third-order valence-electron chi connectivity index (χ3n) is 3.79. The van der Waals surface area contributed by atoms with Gasteiger partial charge in [-0.2, -0.15) is 0 Å². The molecule has 3 unspecified atom stereocenters. The SMILES string of the molecule is CC1CCC(C(=O)N(C)CC2CCCCN2)O1. The molecular formula is C13H24N2O2. The predicted octanol–water partition coefficient (Wildman–Crippen LogP) is 1.15. The van der Waals surface area contributed by atoms with E-state index in [0.717, 1.165) is 25.9 Å². The van der Waals surface area contributed by atoms with E-state index in [2.05, 4.69) is 5.32 Å². The number of ether oxygens (including phenoxy) is 1. The highest BCUT2D eigenvalue weighted by molar-refractivity contribution is 5.81. The molecule has 98 valence electrons. The van der Waals surface area contributed by atoms with Gasteiger partial charge < -0.3 is 15.0 Å². The Hall–Kier alpha value is -0.610. The average Bonchev–Trinajstić information content (AvgIpc) is 2.76. The lowest BCUT2D eigenvalue weighted by atomic mass is 10.0. The van der Waals surface area contributed by atoms with E-state index in [1.54, 1.807) is 0 Å². The summed E-state index contributed by atoms with van der Waals surface area (Å²) in [5, 5.41) is 3.47. The summed E-state index contributed by atoms with van der Waals surface area (Å²) >= 11 is 0. The Morgan fingerprint density at radius 3 is 2.76 bits per heavy atom. The standard InChI is InChI=1S/C13H24N2O2/c1-10-6-7-12(17-10)13(16)15(2)9-11-5-3-4-8-14-11/h10-12,14H,3-9H2,1-2H3. The Labute approximate surface area is 104 Å². The van der Waals surface area contributed by atoms with E-state index in [0.29, 0.717) is 6.04 Å². The van der Waals surface area contributed by atoms with Crippen LogP contribution in [0.15, 0.2) is 0 Å². The Morgan fingerprint density at radius 2 is 2.18 bits per heavy atom. The van der Waals surface area contributed by atoms with Crippen LogP contribution in [0.3, 0.4) is 0 Å². The Balaban J connectivity index is 1.78. The predicted molar refractivity (Wildman–Crippen MR) is 66.8 cm³/mol. The fraction of sp³-hybridized carbons (Fsp3) is 0.923. The second-order valence-corrected chi connectivity index (χ2v) is 5.38. The second kappa shape index (κ2) is 5.83. The number of amides is 1. The number of likely N-dealkylation sites (N-methyl/N-ethyl adjacent to an activating group) is 1. The van der Waals surface area contributed by atoms with E-state index < -0.39 is 0 Å². The van der Waals surface area contributed by atoms with E-state index in [-0.39, 0.29) is 18.1 Å². The van der Waals surface area contributed by atoms with Crippen molar-refractivity contribution in [2.45, 2.75) is 57.3 Å². The third kappa shape index (κ3) is 3.42. The van der Waals surface area contributed by atoms with Gasteiger partial charge in [-0.3, -0.25) is 4.79 Å². The highest BCUT2D eigenvalue weighted by Crippen LogP contribution is 2.20. The molecule has 1 amide bonds. The van der Waals surface area contributed by atoms with Crippen molar-refractivity contribution in [3.8, 4) is 0 Å². The molecule has 0 aromatic heterocycles. The summed E-state index contributed by atoms with van der Waals surface area (Å²) in [7, 11) is 1.89. The number of hydrogen-bond donors (Lipinski definition) is 1. The lowest BCUT2D eigenvalue weighted by molar-refractivity contribution is -0.141. The summed E-state index contributed by atoms with van der Waals surface area (Å²) in [4.78, 5) is 14.0. The lowest BCUT2D eigenvalue weighted by Gasteiger charge is -2.29. The first-order valence-corrected chi connectivity index (χ1v) is 6.80. The third-order valence-corrected chi connectivity index (χ3v) is 3.79. The molecule has 0 aromatic carbocycles. The molecule has 4 nitrogen and oxygen atoms in total. The maximum absolute atomic E-state index is 12.1. The van der Waals surface area contributed by atoms with Crippen molar-refractivity contribution in [2.75, 3.05) is 20.1 Å². The van der Waals surface area contributed by atoms with E-state index >= 15 is 0 Å². The summed E-state index contributed by atoms with van der Waals surface area (Å²) in [5.74, 6) is 0.154. The van der Waals surface area contributed by atoms with Gasteiger partial charge in [-0.15, -0.1) is 0 Å². The van der Waals surface area contributed by atoms with Crippen molar-refractivity contribution in [1.29, 1.82) is 0 Å². The number of nitrogens with one attached hydrogen (secondary N) is 1. The molecule has 0 spiro atoms. The second-order valence-electron chi connectivity index (χ2n) is 5.38. The van der Waals surface area contributed by atoms with Crippen LogP contribution in [0, 0.1) is 0 Å². The number of carbonyl (C=O) groups excluding carboxylic acids is 1. The van der Waals surface area contributed by atoms with Crippen LogP contribution in [0.2, 0.25) is 0 Å². The molecule has 3 atom stereocenters. The molecule has 2 fully saturated rings. The smallest absolute Gasteiger partial charge is 0.251 e. The largest absolute Gasteiger partial charge is 0.365 e. The molecule has 17 heavy (non-hydrogen) atoms. The van der Waals surface area contributed by atoms with Crippen molar-refractivity contribution in [2.24, 2.45) is 0 Å². The topological polar surface area (TPSA) is 41.6 Å². The first kappa shape index (κ1) is 12.8. The number of carbonyl (C=O) groups is 1. The summed E-state index contributed by atoms with van der Waals surface area (Å²) < 4.78 is 5.62. The Morgan fingerprint density at radius 1 is 1.35 bits per heavy atom. The molecule has 2 saturated heterocycles. The molecule has 2 heterocycles. The zero-order valence-electron chi connectivity index (χ0n) is 10.9. The minimum Gasteiger partial charge on any atom is -0.365 e. The monoisotopic (exact) mass is 240 g/mol. The van der Waals surface area contributed by atoms with Crippen molar-refractivity contribution in [3.05, 3.63) is 0 Å². The van der Waals surface area contributed by atoms with Crippen molar-refractivity contribution >= 4 is 5.91 Å². The first-order valence-electron chi connectivity index (χ1n) is 6.80. The van der Waals surface area contributed by atoms with E-state index in [1.165, 1.54) is 19.3 Å². The summed E-state index contributed by atoms with van der Waals surface area (Å²) in [6.07, 6.45) is 5.64. The minimum atomic E-state index is -0.196. The molecule has 2 aliphatic heterocycles. The molecule has 0 radical (unpaired) electrons. The normalized spacial score (nSPS) is 33.6. The highest BCUT2D eigenvalue weighted by atomic mass is 16.5. The van der Waals surface area contributed by atoms with Gasteiger partial charge in [-0.1, -0.05) is 6.42 Å². The molecule has 0 saturated carbocycles. The fourth-order valence-electron chi connectivity index (χ4n) is 2.73. The first-order chi connectivity index (χ1) is 8.16. The fourth-order valence-corrected chi connectivity index (χ4v) is 2.73. The Kier molecular flexibility index (Phi) is 4.40. The van der Waals surface area contributed by atoms with Gasteiger partial charge in [0, 0.05) is 19.6 Å². The van der Waals surface area contributed by atoms with Gasteiger partial charge in [0.25, 0.3) is 5.91 Å². The van der Waals surface area contributed by atoms with Gasteiger partial charge >= 0.3 is 0 Å². The molecule has 4 heteroatoms. The van der Waals surface area contributed by atoms with Gasteiger partial charge in [0.05, 0.1) is 6.10 Å². The van der Waals surface area contributed by atoms with Gasteiger partial charge in [-0.05, 0) is 39.2 Å². The average molecular weight is 240 g/mol. The summed E-state index contributed by atoms with van der Waals surface area (Å²) in [6, 6.07) is 0.469. The zero-order chi connectivity index (χ0) is 12.3. The molecule has 2 rings (SSSR count). The Bertz CT molecular complexity index is 264. The van der Waals surface area contributed by atoms with Gasteiger partial charge in [0.1, 0.15) is 6.10 Å². The van der Waals surface area contributed by atoms with Crippen LogP contribution in [0.25, 0.3) is 0 Å². The van der Waals surface area contributed by atoms with Crippen LogP contribution >= 0.6 is 0 Å². The van der Waals surface area contributed by atoms with Gasteiger partial charge in [0.15, 0.2) is 0 Å². The van der Waals surface area contributed by atoms with Crippen LogP contribution in [0.1, 0.15) is 39.0 Å². The zero-order valence-corrected chi connectivity index (χ0v) is 10.9. The number of hydrogen-bond acceptors (Lipinski definition) is 3. The van der Waals surface area contributed by atoms with Crippen molar-refractivity contribution < 1.29 is 9.53 Å². The number of nitrogens with zero attached hydrogens (tertiary/aromatic N) is 1. The van der Waals surface area contributed by atoms with Crippen molar-refractivity contribution in [1.82, 2.24) is 10.2 Å². The van der Waals surface area contributed by atoms with Crippen LogP contribution in [0.5, 0.6) is 0 Å².